The fraction of sp³-hybridized carbons (Fsp3) is 0.786. The molecule has 5 nitrogen and oxygen atoms in total. The number of aryl methyl sites for hydroxylation is 2. The molecule has 1 N–H and O–H groups in total. The van der Waals surface area contributed by atoms with Gasteiger partial charge in [-0.15, -0.1) is 0 Å². The average molecular weight is 266 g/mol. The highest BCUT2D eigenvalue weighted by Crippen LogP contribution is 2.15. The molecule has 2 rings (SSSR count). The minimum Gasteiger partial charge on any atom is -0.393 e. The molecule has 2 heterocycles. The molecule has 1 fully saturated rings. The molecule has 108 valence electrons. The van der Waals surface area contributed by atoms with Gasteiger partial charge in [0.25, 0.3) is 0 Å². The van der Waals surface area contributed by atoms with Gasteiger partial charge in [-0.25, -0.2) is 0 Å². The molecule has 1 aliphatic heterocycles. The van der Waals surface area contributed by atoms with E-state index in [9.17, 15) is 5.11 Å². The number of likely N-dealkylation sites (N-methyl/N-ethyl adjacent to an activating group) is 2. The largest absolute Gasteiger partial charge is 0.393 e. The van der Waals surface area contributed by atoms with E-state index in [1.165, 1.54) is 5.56 Å². The highest BCUT2D eigenvalue weighted by Gasteiger charge is 2.24. The monoisotopic (exact) mass is 266 g/mol. The Labute approximate surface area is 115 Å². The van der Waals surface area contributed by atoms with E-state index in [0.29, 0.717) is 6.04 Å². The van der Waals surface area contributed by atoms with Gasteiger partial charge in [0.05, 0.1) is 12.3 Å². The Balaban J connectivity index is 1.75. The Morgan fingerprint density at radius 1 is 1.37 bits per heavy atom. The van der Waals surface area contributed by atoms with Crippen molar-refractivity contribution in [2.45, 2.75) is 31.4 Å². The second-order valence-electron chi connectivity index (χ2n) is 5.85. The zero-order chi connectivity index (χ0) is 13.8. The van der Waals surface area contributed by atoms with E-state index in [4.69, 9.17) is 0 Å². The van der Waals surface area contributed by atoms with Crippen LogP contribution in [-0.4, -0.2) is 70.6 Å². The van der Waals surface area contributed by atoms with E-state index < -0.39 is 0 Å². The molecule has 0 radical (unpaired) electrons. The zero-order valence-electron chi connectivity index (χ0n) is 12.3. The summed E-state index contributed by atoms with van der Waals surface area (Å²) in [5.74, 6) is 0. The number of hydrogen-bond donors (Lipinski definition) is 1. The van der Waals surface area contributed by atoms with Crippen LogP contribution >= 0.6 is 0 Å². The van der Waals surface area contributed by atoms with Gasteiger partial charge in [0.15, 0.2) is 0 Å². The summed E-state index contributed by atoms with van der Waals surface area (Å²) in [5.41, 5.74) is 1.20. The molecule has 0 saturated carbocycles. The highest BCUT2D eigenvalue weighted by atomic mass is 16.3. The molecule has 2 atom stereocenters. The summed E-state index contributed by atoms with van der Waals surface area (Å²) in [4.78, 5) is 4.71. The van der Waals surface area contributed by atoms with Crippen molar-refractivity contribution in [2.75, 3.05) is 33.7 Å². The summed E-state index contributed by atoms with van der Waals surface area (Å²) >= 11 is 0. The Morgan fingerprint density at radius 3 is 2.84 bits per heavy atom. The van der Waals surface area contributed by atoms with Gasteiger partial charge in [0, 0.05) is 38.9 Å². The maximum atomic E-state index is 10.2. The van der Waals surface area contributed by atoms with Crippen LogP contribution in [0.25, 0.3) is 0 Å². The minimum atomic E-state index is -0.223. The van der Waals surface area contributed by atoms with Crippen molar-refractivity contribution in [3.63, 3.8) is 0 Å². The first-order chi connectivity index (χ1) is 9.04. The van der Waals surface area contributed by atoms with Gasteiger partial charge in [0.1, 0.15) is 0 Å². The lowest BCUT2D eigenvalue weighted by atomic mass is 10.0. The topological polar surface area (TPSA) is 44.5 Å². The first-order valence-corrected chi connectivity index (χ1v) is 7.09. The maximum absolute atomic E-state index is 10.2. The van der Waals surface area contributed by atoms with Crippen LogP contribution in [0.2, 0.25) is 0 Å². The number of aromatic nitrogens is 2. The van der Waals surface area contributed by atoms with Crippen LogP contribution in [0.1, 0.15) is 18.4 Å². The van der Waals surface area contributed by atoms with Crippen LogP contribution in [0.5, 0.6) is 0 Å². The van der Waals surface area contributed by atoms with Gasteiger partial charge in [-0.3, -0.25) is 4.68 Å². The third kappa shape index (κ3) is 4.30. The Kier molecular flexibility index (Phi) is 4.96. The zero-order valence-corrected chi connectivity index (χ0v) is 12.3. The molecular formula is C14H26N4O. The van der Waals surface area contributed by atoms with Gasteiger partial charge in [-0.05, 0) is 38.9 Å². The lowest BCUT2D eigenvalue weighted by Crippen LogP contribution is -2.51. The quantitative estimate of drug-likeness (QED) is 0.835. The average Bonchev–Trinajstić information content (AvgIpc) is 2.77. The van der Waals surface area contributed by atoms with E-state index in [-0.39, 0.29) is 6.10 Å². The van der Waals surface area contributed by atoms with E-state index in [0.717, 1.165) is 38.9 Å². The highest BCUT2D eigenvalue weighted by molar-refractivity contribution is 5.03. The lowest BCUT2D eigenvalue weighted by Gasteiger charge is -2.38. The normalized spacial score (nSPS) is 23.7. The number of aliphatic hydroxyl groups excluding tert-OH is 1. The third-order valence-corrected chi connectivity index (χ3v) is 4.05. The smallest absolute Gasteiger partial charge is 0.0558 e. The Bertz CT molecular complexity index is 393. The summed E-state index contributed by atoms with van der Waals surface area (Å²) in [5, 5.41) is 14.4. The molecule has 5 heteroatoms. The van der Waals surface area contributed by atoms with Crippen molar-refractivity contribution in [3.05, 3.63) is 18.0 Å². The molecular weight excluding hydrogens is 240 g/mol. The molecule has 1 aromatic rings. The van der Waals surface area contributed by atoms with Crippen molar-refractivity contribution in [1.82, 2.24) is 19.6 Å². The number of nitrogens with zero attached hydrogens (tertiary/aromatic N) is 4. The second-order valence-corrected chi connectivity index (χ2v) is 5.85. The SMILES string of the molecule is CN1CCN(C)C(CC(O)CCc2cnn(C)c2)C1. The van der Waals surface area contributed by atoms with Gasteiger partial charge in [-0.2, -0.15) is 5.10 Å². The Hall–Kier alpha value is -0.910. The molecule has 0 spiro atoms. The molecule has 0 bridgehead atoms. The molecule has 0 aliphatic carbocycles. The number of hydrogen-bond acceptors (Lipinski definition) is 4. The van der Waals surface area contributed by atoms with Crippen LogP contribution < -0.4 is 0 Å². The molecule has 1 aliphatic rings. The van der Waals surface area contributed by atoms with Crippen molar-refractivity contribution < 1.29 is 5.11 Å². The maximum Gasteiger partial charge on any atom is 0.0558 e. The van der Waals surface area contributed by atoms with Crippen LogP contribution in [0, 0.1) is 0 Å². The lowest BCUT2D eigenvalue weighted by molar-refractivity contribution is 0.0606. The van der Waals surface area contributed by atoms with Crippen LogP contribution in [0.15, 0.2) is 12.4 Å². The summed E-state index contributed by atoms with van der Waals surface area (Å²) in [6.07, 6.45) is 6.27. The standard InChI is InChI=1S/C14H26N4O/c1-16-6-7-17(2)13(11-16)8-14(19)5-4-12-9-15-18(3)10-12/h9-10,13-14,19H,4-8,11H2,1-3H3. The molecule has 1 aromatic heterocycles. The fourth-order valence-electron chi connectivity index (χ4n) is 2.72. The van der Waals surface area contributed by atoms with Crippen LogP contribution in [0.4, 0.5) is 0 Å². The van der Waals surface area contributed by atoms with Crippen molar-refractivity contribution in [1.29, 1.82) is 0 Å². The summed E-state index contributed by atoms with van der Waals surface area (Å²) in [6.45, 7) is 3.27. The van der Waals surface area contributed by atoms with E-state index in [1.807, 2.05) is 24.1 Å². The van der Waals surface area contributed by atoms with Crippen molar-refractivity contribution in [2.24, 2.45) is 7.05 Å². The number of piperazine rings is 1. The molecule has 2 unspecified atom stereocenters. The first kappa shape index (κ1) is 14.5. The van der Waals surface area contributed by atoms with Gasteiger partial charge < -0.3 is 14.9 Å². The predicted molar refractivity (Wildman–Crippen MR) is 76.1 cm³/mol. The van der Waals surface area contributed by atoms with Crippen molar-refractivity contribution >= 4 is 0 Å². The second kappa shape index (κ2) is 6.50. The van der Waals surface area contributed by atoms with E-state index in [2.05, 4.69) is 29.0 Å². The van der Waals surface area contributed by atoms with Crippen LogP contribution in [-0.2, 0) is 13.5 Å². The minimum absolute atomic E-state index is 0.223. The first-order valence-electron chi connectivity index (χ1n) is 7.09. The molecule has 19 heavy (non-hydrogen) atoms. The van der Waals surface area contributed by atoms with Crippen LogP contribution in [0.3, 0.4) is 0 Å². The fourth-order valence-corrected chi connectivity index (χ4v) is 2.72. The summed E-state index contributed by atoms with van der Waals surface area (Å²) < 4.78 is 1.81. The van der Waals surface area contributed by atoms with E-state index in [1.54, 1.807) is 0 Å². The van der Waals surface area contributed by atoms with Gasteiger partial charge in [-0.1, -0.05) is 0 Å². The summed E-state index contributed by atoms with van der Waals surface area (Å²) in [6, 6.07) is 0.475. The molecule has 1 saturated heterocycles. The van der Waals surface area contributed by atoms with Gasteiger partial charge >= 0.3 is 0 Å². The summed E-state index contributed by atoms with van der Waals surface area (Å²) in [7, 11) is 6.24. The Morgan fingerprint density at radius 2 is 2.16 bits per heavy atom. The third-order valence-electron chi connectivity index (χ3n) is 4.05. The molecule has 0 amide bonds. The predicted octanol–water partition coefficient (Wildman–Crippen LogP) is 0.349. The van der Waals surface area contributed by atoms with Gasteiger partial charge in [0.2, 0.25) is 0 Å². The number of aliphatic hydroxyl groups is 1. The number of rotatable bonds is 5. The van der Waals surface area contributed by atoms with Crippen molar-refractivity contribution in [3.8, 4) is 0 Å². The molecule has 0 aromatic carbocycles. The van der Waals surface area contributed by atoms with E-state index >= 15 is 0 Å².